The quantitative estimate of drug-likeness (QED) is 0.236. The van der Waals surface area contributed by atoms with Crippen LogP contribution in [-0.2, 0) is 0 Å². The average molecular weight is 445 g/mol. The fraction of sp³-hybridized carbons (Fsp3) is 0. The monoisotopic (exact) mass is 444 g/mol. The number of halogens is 1. The minimum absolute atomic E-state index is 0.104. The van der Waals surface area contributed by atoms with E-state index in [4.69, 9.17) is 0 Å². The summed E-state index contributed by atoms with van der Waals surface area (Å²) in [6.45, 7) is 0. The van der Waals surface area contributed by atoms with Crippen molar-refractivity contribution in [3.05, 3.63) is 118 Å². The molecule has 5 heteroatoms. The first-order chi connectivity index (χ1) is 14.1. The van der Waals surface area contributed by atoms with Gasteiger partial charge < -0.3 is 4.90 Å². The van der Waals surface area contributed by atoms with Crippen molar-refractivity contribution in [2.45, 2.75) is 0 Å². The second-order valence-corrected chi connectivity index (χ2v) is 7.39. The van der Waals surface area contributed by atoms with Gasteiger partial charge in [-0.3, -0.25) is 10.1 Å². The molecule has 0 fully saturated rings. The van der Waals surface area contributed by atoms with E-state index in [1.54, 1.807) is 12.1 Å². The largest absolute Gasteiger partial charge is 0.310 e. The van der Waals surface area contributed by atoms with E-state index in [-0.39, 0.29) is 10.6 Å². The summed E-state index contributed by atoms with van der Waals surface area (Å²) in [4.78, 5) is 13.2. The molecule has 29 heavy (non-hydrogen) atoms. The van der Waals surface area contributed by atoms with Gasteiger partial charge in [0.15, 0.2) is 0 Å². The molecule has 0 aromatic heterocycles. The smallest absolute Gasteiger partial charge is 0.277 e. The molecule has 0 aliphatic heterocycles. The summed E-state index contributed by atoms with van der Waals surface area (Å²) < 4.78 is 0.993. The third-order valence-corrected chi connectivity index (χ3v) is 5.11. The first-order valence-electron chi connectivity index (χ1n) is 9.08. The Morgan fingerprint density at radius 3 is 2.00 bits per heavy atom. The summed E-state index contributed by atoms with van der Waals surface area (Å²) in [6.07, 6.45) is 0. The first kappa shape index (κ1) is 18.9. The molecule has 0 atom stereocenters. The zero-order valence-electron chi connectivity index (χ0n) is 15.4. The van der Waals surface area contributed by atoms with Crippen molar-refractivity contribution in [1.82, 2.24) is 0 Å². The van der Waals surface area contributed by atoms with Crippen molar-refractivity contribution in [2.24, 2.45) is 0 Å². The zero-order valence-corrected chi connectivity index (χ0v) is 17.0. The van der Waals surface area contributed by atoms with Crippen LogP contribution in [0.2, 0.25) is 0 Å². The van der Waals surface area contributed by atoms with Gasteiger partial charge in [-0.2, -0.15) is 0 Å². The third kappa shape index (κ3) is 4.05. The van der Waals surface area contributed by atoms with E-state index in [0.717, 1.165) is 27.1 Å². The van der Waals surface area contributed by atoms with Gasteiger partial charge in [0.05, 0.1) is 10.5 Å². The maximum absolute atomic E-state index is 11.4. The lowest BCUT2D eigenvalue weighted by Crippen LogP contribution is -2.09. The van der Waals surface area contributed by atoms with Crippen molar-refractivity contribution >= 4 is 38.7 Å². The molecule has 0 radical (unpaired) electrons. The van der Waals surface area contributed by atoms with Gasteiger partial charge in [0, 0.05) is 27.6 Å². The SMILES string of the molecule is O=[N+]([O-])c1ccccc1-c1ccc(N(c2ccccc2)c2cccc(Br)c2)cc1. The molecular formula is C24H17BrN2O2. The van der Waals surface area contributed by atoms with Gasteiger partial charge in [0.2, 0.25) is 0 Å². The van der Waals surface area contributed by atoms with Crippen molar-refractivity contribution in [1.29, 1.82) is 0 Å². The van der Waals surface area contributed by atoms with Crippen molar-refractivity contribution in [2.75, 3.05) is 4.90 Å². The molecule has 0 saturated carbocycles. The van der Waals surface area contributed by atoms with Crippen LogP contribution in [0.5, 0.6) is 0 Å². The fourth-order valence-electron chi connectivity index (χ4n) is 3.31. The molecule has 4 rings (SSSR count). The molecule has 0 heterocycles. The highest BCUT2D eigenvalue weighted by atomic mass is 79.9. The lowest BCUT2D eigenvalue weighted by molar-refractivity contribution is -0.384. The zero-order chi connectivity index (χ0) is 20.2. The molecule has 0 amide bonds. The minimum Gasteiger partial charge on any atom is -0.310 e. The lowest BCUT2D eigenvalue weighted by atomic mass is 10.0. The molecule has 4 aromatic carbocycles. The van der Waals surface area contributed by atoms with E-state index >= 15 is 0 Å². The molecule has 0 unspecified atom stereocenters. The Hall–Kier alpha value is -3.44. The van der Waals surface area contributed by atoms with Crippen LogP contribution in [0.3, 0.4) is 0 Å². The van der Waals surface area contributed by atoms with E-state index in [1.807, 2.05) is 66.7 Å². The van der Waals surface area contributed by atoms with Crippen LogP contribution in [0.25, 0.3) is 11.1 Å². The number of benzene rings is 4. The summed E-state index contributed by atoms with van der Waals surface area (Å²) >= 11 is 3.55. The number of nitro groups is 1. The molecule has 4 aromatic rings. The van der Waals surface area contributed by atoms with Crippen molar-refractivity contribution < 1.29 is 4.92 Å². The summed E-state index contributed by atoms with van der Waals surface area (Å²) in [5.41, 5.74) is 4.54. The highest BCUT2D eigenvalue weighted by Gasteiger charge is 2.16. The summed E-state index contributed by atoms with van der Waals surface area (Å²) in [5.74, 6) is 0. The van der Waals surface area contributed by atoms with Crippen LogP contribution in [-0.4, -0.2) is 4.92 Å². The lowest BCUT2D eigenvalue weighted by Gasteiger charge is -2.25. The summed E-state index contributed by atoms with van der Waals surface area (Å²) in [7, 11) is 0. The topological polar surface area (TPSA) is 46.4 Å². The Kier molecular flexibility index (Phi) is 5.40. The number of para-hydroxylation sites is 2. The maximum Gasteiger partial charge on any atom is 0.277 e. The van der Waals surface area contributed by atoms with Gasteiger partial charge >= 0.3 is 0 Å². The van der Waals surface area contributed by atoms with Crippen LogP contribution in [0.1, 0.15) is 0 Å². The van der Waals surface area contributed by atoms with Crippen LogP contribution >= 0.6 is 15.9 Å². The molecule has 4 nitrogen and oxygen atoms in total. The predicted octanol–water partition coefficient (Wildman–Crippen LogP) is 7.49. The normalized spacial score (nSPS) is 10.5. The summed E-state index contributed by atoms with van der Waals surface area (Å²) in [5, 5.41) is 11.4. The fourth-order valence-corrected chi connectivity index (χ4v) is 3.69. The van der Waals surface area contributed by atoms with Crippen LogP contribution < -0.4 is 4.90 Å². The molecule has 0 saturated heterocycles. The highest BCUT2D eigenvalue weighted by Crippen LogP contribution is 2.37. The Labute approximate surface area is 177 Å². The molecule has 0 bridgehead atoms. The number of hydrogen-bond acceptors (Lipinski definition) is 3. The molecule has 0 spiro atoms. The van der Waals surface area contributed by atoms with E-state index in [1.165, 1.54) is 6.07 Å². The molecule has 0 N–H and O–H groups in total. The Morgan fingerprint density at radius 1 is 0.690 bits per heavy atom. The second-order valence-electron chi connectivity index (χ2n) is 6.47. The van der Waals surface area contributed by atoms with Gasteiger partial charge in [-0.25, -0.2) is 0 Å². The standard InChI is InChI=1S/C24H17BrN2O2/c25-19-7-6-10-22(17-19)26(20-8-2-1-3-9-20)21-15-13-18(14-16-21)23-11-4-5-12-24(23)27(28)29/h1-17H. The van der Waals surface area contributed by atoms with Gasteiger partial charge in [0.25, 0.3) is 5.69 Å². The van der Waals surface area contributed by atoms with Crippen LogP contribution in [0.4, 0.5) is 22.7 Å². The van der Waals surface area contributed by atoms with Gasteiger partial charge in [0.1, 0.15) is 0 Å². The average Bonchev–Trinajstić information content (AvgIpc) is 2.75. The van der Waals surface area contributed by atoms with Gasteiger partial charge in [-0.15, -0.1) is 0 Å². The number of rotatable bonds is 5. The maximum atomic E-state index is 11.4. The minimum atomic E-state index is -0.346. The summed E-state index contributed by atoms with van der Waals surface area (Å²) in [6, 6.07) is 32.8. The Bertz CT molecular complexity index is 1140. The predicted molar refractivity (Wildman–Crippen MR) is 121 cm³/mol. The van der Waals surface area contributed by atoms with E-state index in [9.17, 15) is 10.1 Å². The number of hydrogen-bond donors (Lipinski definition) is 0. The molecule has 0 aliphatic rings. The number of nitrogens with zero attached hydrogens (tertiary/aromatic N) is 2. The van der Waals surface area contributed by atoms with E-state index in [2.05, 4.69) is 39.0 Å². The van der Waals surface area contributed by atoms with E-state index in [0.29, 0.717) is 5.56 Å². The molecule has 0 aliphatic carbocycles. The molecule has 142 valence electrons. The van der Waals surface area contributed by atoms with Crippen LogP contribution in [0, 0.1) is 10.1 Å². The van der Waals surface area contributed by atoms with Gasteiger partial charge in [-0.1, -0.05) is 64.5 Å². The Balaban J connectivity index is 1.78. The van der Waals surface area contributed by atoms with E-state index < -0.39 is 0 Å². The third-order valence-electron chi connectivity index (χ3n) is 4.62. The highest BCUT2D eigenvalue weighted by molar-refractivity contribution is 9.10. The van der Waals surface area contributed by atoms with Crippen LogP contribution in [0.15, 0.2) is 108 Å². The molecular weight excluding hydrogens is 428 g/mol. The first-order valence-corrected chi connectivity index (χ1v) is 9.87. The number of nitro benzene ring substituents is 1. The van der Waals surface area contributed by atoms with Gasteiger partial charge in [-0.05, 0) is 54.1 Å². The second kappa shape index (κ2) is 8.29. The Morgan fingerprint density at radius 2 is 1.31 bits per heavy atom. The number of anilines is 3. The van der Waals surface area contributed by atoms with Crippen molar-refractivity contribution in [3.63, 3.8) is 0 Å². The van der Waals surface area contributed by atoms with Crippen molar-refractivity contribution in [3.8, 4) is 11.1 Å².